The molecule has 0 bridgehead atoms. The Morgan fingerprint density at radius 3 is 2.59 bits per heavy atom. The minimum absolute atomic E-state index is 0.271. The largest absolute Gasteiger partial charge is 0.377 e. The Balaban J connectivity index is 2.77. The number of benzene rings is 1. The molecule has 1 unspecified atom stereocenters. The summed E-state index contributed by atoms with van der Waals surface area (Å²) in [6.45, 7) is 10.0. The number of rotatable bonds is 6. The SMILES string of the molecule is CCNC(COC(C)C)c1ccc(Br)c(C)c1. The first-order chi connectivity index (χ1) is 8.04. The normalized spacial score (nSPS) is 13.1. The van der Waals surface area contributed by atoms with E-state index in [1.54, 1.807) is 0 Å². The lowest BCUT2D eigenvalue weighted by Crippen LogP contribution is -2.26. The van der Waals surface area contributed by atoms with E-state index in [1.807, 2.05) is 0 Å². The van der Waals surface area contributed by atoms with E-state index < -0.39 is 0 Å². The minimum Gasteiger partial charge on any atom is -0.377 e. The monoisotopic (exact) mass is 299 g/mol. The molecule has 0 saturated heterocycles. The van der Waals surface area contributed by atoms with E-state index in [4.69, 9.17) is 4.74 Å². The third kappa shape index (κ3) is 4.78. The quantitative estimate of drug-likeness (QED) is 0.862. The van der Waals surface area contributed by atoms with Gasteiger partial charge >= 0.3 is 0 Å². The van der Waals surface area contributed by atoms with Crippen molar-refractivity contribution in [3.63, 3.8) is 0 Å². The van der Waals surface area contributed by atoms with Gasteiger partial charge in [0.2, 0.25) is 0 Å². The third-order valence-corrected chi connectivity index (χ3v) is 3.52. The average molecular weight is 300 g/mol. The van der Waals surface area contributed by atoms with Crippen LogP contribution in [0.2, 0.25) is 0 Å². The number of likely N-dealkylation sites (N-methyl/N-ethyl adjacent to an activating group) is 1. The smallest absolute Gasteiger partial charge is 0.0664 e. The Morgan fingerprint density at radius 1 is 1.35 bits per heavy atom. The number of nitrogens with one attached hydrogen (secondary N) is 1. The predicted octanol–water partition coefficient (Wildman–Crippen LogP) is 3.83. The van der Waals surface area contributed by atoms with Crippen LogP contribution in [0.15, 0.2) is 22.7 Å². The van der Waals surface area contributed by atoms with Crippen LogP contribution in [0, 0.1) is 6.92 Å². The number of hydrogen-bond donors (Lipinski definition) is 1. The van der Waals surface area contributed by atoms with Crippen LogP contribution in [0.5, 0.6) is 0 Å². The van der Waals surface area contributed by atoms with Crippen molar-refractivity contribution in [2.75, 3.05) is 13.2 Å². The average Bonchev–Trinajstić information content (AvgIpc) is 2.28. The Bertz CT molecular complexity index is 352. The van der Waals surface area contributed by atoms with Crippen molar-refractivity contribution < 1.29 is 4.74 Å². The second-order valence-corrected chi connectivity index (χ2v) is 5.36. The molecule has 96 valence electrons. The number of ether oxygens (including phenoxy) is 1. The molecule has 0 aliphatic carbocycles. The van der Waals surface area contributed by atoms with Gasteiger partial charge in [0, 0.05) is 4.47 Å². The molecule has 0 fully saturated rings. The van der Waals surface area contributed by atoms with Gasteiger partial charge in [-0.05, 0) is 44.5 Å². The fourth-order valence-electron chi connectivity index (χ4n) is 1.69. The summed E-state index contributed by atoms with van der Waals surface area (Å²) in [5.74, 6) is 0. The molecule has 0 heterocycles. The van der Waals surface area contributed by atoms with Crippen molar-refractivity contribution in [1.82, 2.24) is 5.32 Å². The zero-order valence-corrected chi connectivity index (χ0v) is 12.7. The Hall–Kier alpha value is -0.380. The summed E-state index contributed by atoms with van der Waals surface area (Å²) in [5, 5.41) is 3.46. The molecule has 0 aliphatic heterocycles. The first-order valence-electron chi connectivity index (χ1n) is 6.15. The van der Waals surface area contributed by atoms with E-state index in [9.17, 15) is 0 Å². The Morgan fingerprint density at radius 2 is 2.06 bits per heavy atom. The van der Waals surface area contributed by atoms with Gasteiger partial charge in [-0.3, -0.25) is 0 Å². The highest BCUT2D eigenvalue weighted by Gasteiger charge is 2.12. The molecule has 0 saturated carbocycles. The molecule has 0 spiro atoms. The molecule has 1 N–H and O–H groups in total. The second-order valence-electron chi connectivity index (χ2n) is 4.50. The summed E-state index contributed by atoms with van der Waals surface area (Å²) in [7, 11) is 0. The van der Waals surface area contributed by atoms with Gasteiger partial charge < -0.3 is 10.1 Å². The van der Waals surface area contributed by atoms with Crippen molar-refractivity contribution in [2.24, 2.45) is 0 Å². The lowest BCUT2D eigenvalue weighted by atomic mass is 10.1. The van der Waals surface area contributed by atoms with Crippen LogP contribution in [0.25, 0.3) is 0 Å². The fraction of sp³-hybridized carbons (Fsp3) is 0.571. The zero-order valence-electron chi connectivity index (χ0n) is 11.1. The molecular weight excluding hydrogens is 278 g/mol. The summed E-state index contributed by atoms with van der Waals surface area (Å²) in [6, 6.07) is 6.73. The lowest BCUT2D eigenvalue weighted by molar-refractivity contribution is 0.0614. The maximum atomic E-state index is 5.71. The van der Waals surface area contributed by atoms with Gasteiger partial charge in [0.25, 0.3) is 0 Å². The number of halogens is 1. The molecule has 17 heavy (non-hydrogen) atoms. The van der Waals surface area contributed by atoms with E-state index in [0.29, 0.717) is 6.61 Å². The van der Waals surface area contributed by atoms with Gasteiger partial charge in [-0.15, -0.1) is 0 Å². The zero-order chi connectivity index (χ0) is 12.8. The Kier molecular flexibility index (Phi) is 6.17. The summed E-state index contributed by atoms with van der Waals surface area (Å²) in [6.07, 6.45) is 0.271. The molecule has 1 aromatic carbocycles. The molecule has 0 aliphatic rings. The van der Waals surface area contributed by atoms with E-state index in [1.165, 1.54) is 11.1 Å². The van der Waals surface area contributed by atoms with E-state index in [-0.39, 0.29) is 12.1 Å². The minimum atomic E-state index is 0.271. The predicted molar refractivity (Wildman–Crippen MR) is 76.4 cm³/mol. The van der Waals surface area contributed by atoms with Crippen LogP contribution in [0.1, 0.15) is 37.9 Å². The molecule has 0 amide bonds. The summed E-state index contributed by atoms with van der Waals surface area (Å²) >= 11 is 3.53. The van der Waals surface area contributed by atoms with Crippen LogP contribution in [-0.4, -0.2) is 19.3 Å². The molecule has 0 radical (unpaired) electrons. The van der Waals surface area contributed by atoms with Gasteiger partial charge in [-0.2, -0.15) is 0 Å². The third-order valence-electron chi connectivity index (χ3n) is 2.63. The number of hydrogen-bond acceptors (Lipinski definition) is 2. The van der Waals surface area contributed by atoms with Crippen LogP contribution in [-0.2, 0) is 4.74 Å². The van der Waals surface area contributed by atoms with Crippen molar-refractivity contribution in [2.45, 2.75) is 39.8 Å². The maximum absolute atomic E-state index is 5.71. The van der Waals surface area contributed by atoms with Crippen molar-refractivity contribution >= 4 is 15.9 Å². The second kappa shape index (κ2) is 7.14. The first kappa shape index (κ1) is 14.7. The van der Waals surface area contributed by atoms with E-state index in [2.05, 4.69) is 67.1 Å². The summed E-state index contributed by atoms with van der Waals surface area (Å²) < 4.78 is 6.86. The maximum Gasteiger partial charge on any atom is 0.0664 e. The van der Waals surface area contributed by atoms with Crippen LogP contribution < -0.4 is 5.32 Å². The fourth-order valence-corrected chi connectivity index (χ4v) is 1.94. The van der Waals surface area contributed by atoms with Gasteiger partial charge in [-0.25, -0.2) is 0 Å². The summed E-state index contributed by atoms with van der Waals surface area (Å²) in [4.78, 5) is 0. The molecule has 1 aromatic rings. The molecule has 0 aromatic heterocycles. The molecular formula is C14H22BrNO. The highest BCUT2D eigenvalue weighted by molar-refractivity contribution is 9.10. The molecule has 1 atom stereocenters. The highest BCUT2D eigenvalue weighted by Crippen LogP contribution is 2.21. The highest BCUT2D eigenvalue weighted by atomic mass is 79.9. The molecule has 3 heteroatoms. The van der Waals surface area contributed by atoms with Crippen LogP contribution in [0.4, 0.5) is 0 Å². The van der Waals surface area contributed by atoms with Gasteiger partial charge in [0.05, 0.1) is 18.8 Å². The van der Waals surface area contributed by atoms with Gasteiger partial charge in [0.15, 0.2) is 0 Å². The van der Waals surface area contributed by atoms with Crippen molar-refractivity contribution in [1.29, 1.82) is 0 Å². The van der Waals surface area contributed by atoms with Crippen LogP contribution >= 0.6 is 15.9 Å². The van der Waals surface area contributed by atoms with Crippen LogP contribution in [0.3, 0.4) is 0 Å². The summed E-state index contributed by atoms with van der Waals surface area (Å²) in [5.41, 5.74) is 2.54. The number of aryl methyl sites for hydroxylation is 1. The molecule has 1 rings (SSSR count). The molecule has 2 nitrogen and oxygen atoms in total. The first-order valence-corrected chi connectivity index (χ1v) is 6.95. The van der Waals surface area contributed by atoms with Gasteiger partial charge in [-0.1, -0.05) is 35.0 Å². The van der Waals surface area contributed by atoms with Crippen molar-refractivity contribution in [3.8, 4) is 0 Å². The standard InChI is InChI=1S/C14H22BrNO/c1-5-16-14(9-17-10(2)3)12-6-7-13(15)11(4)8-12/h6-8,10,14,16H,5,9H2,1-4H3. The lowest BCUT2D eigenvalue weighted by Gasteiger charge is -2.20. The van der Waals surface area contributed by atoms with E-state index in [0.717, 1.165) is 11.0 Å². The van der Waals surface area contributed by atoms with Crippen molar-refractivity contribution in [3.05, 3.63) is 33.8 Å². The Labute approximate surface area is 113 Å². The topological polar surface area (TPSA) is 21.3 Å². The van der Waals surface area contributed by atoms with Gasteiger partial charge in [0.1, 0.15) is 0 Å². The van der Waals surface area contributed by atoms with E-state index >= 15 is 0 Å².